The molecule has 62 heavy (non-hydrogen) atoms. The highest BCUT2D eigenvalue weighted by molar-refractivity contribution is 5.71. The van der Waals surface area contributed by atoms with Gasteiger partial charge in [0.1, 0.15) is 13.2 Å². The fourth-order valence-electron chi connectivity index (χ4n) is 8.06. The molecule has 0 aliphatic heterocycles. The number of hydrogen-bond donors (Lipinski definition) is 0. The summed E-state index contributed by atoms with van der Waals surface area (Å²) in [6.07, 6.45) is 58.7. The monoisotopic (exact) mass is 873 g/mol. The molecule has 6 nitrogen and oxygen atoms in total. The van der Waals surface area contributed by atoms with Crippen molar-refractivity contribution in [3.05, 3.63) is 24.3 Å². The second-order valence-electron chi connectivity index (χ2n) is 18.5. The SMILES string of the molecule is CCCCC/C=C\C/C=C\CCCCCCCCCCCC(=O)OC[C@@H](COC(=O)CCCCCCCCCCCCC)OC(=O)CCCCCCCCCCCCCCCC. The zero-order chi connectivity index (χ0) is 45.1. The Morgan fingerprint density at radius 2 is 0.581 bits per heavy atom. The molecule has 0 aliphatic carbocycles. The minimum Gasteiger partial charge on any atom is -0.462 e. The lowest BCUT2D eigenvalue weighted by molar-refractivity contribution is -0.167. The first-order valence-electron chi connectivity index (χ1n) is 27.3. The third-order valence-electron chi connectivity index (χ3n) is 12.2. The molecule has 0 aromatic heterocycles. The molecule has 0 rings (SSSR count). The molecule has 0 aliphatic rings. The predicted molar refractivity (Wildman–Crippen MR) is 266 cm³/mol. The average molecular weight is 873 g/mol. The van der Waals surface area contributed by atoms with Crippen LogP contribution in [0.15, 0.2) is 24.3 Å². The Kier molecular flexibility index (Phi) is 49.8. The molecule has 0 saturated carbocycles. The molecule has 0 spiro atoms. The maximum atomic E-state index is 12.8. The number of unbranched alkanes of at least 4 members (excludes halogenated alkanes) is 35. The van der Waals surface area contributed by atoms with Gasteiger partial charge < -0.3 is 14.2 Å². The van der Waals surface area contributed by atoms with Crippen LogP contribution in [-0.2, 0) is 28.6 Å². The smallest absolute Gasteiger partial charge is 0.306 e. The van der Waals surface area contributed by atoms with Crippen LogP contribution in [0.2, 0.25) is 0 Å². The summed E-state index contributed by atoms with van der Waals surface area (Å²) in [5.74, 6) is -0.855. The Labute approximate surface area is 385 Å². The molecule has 0 amide bonds. The second kappa shape index (κ2) is 51.5. The summed E-state index contributed by atoms with van der Waals surface area (Å²) in [5, 5.41) is 0. The number of hydrogen-bond acceptors (Lipinski definition) is 6. The van der Waals surface area contributed by atoms with E-state index in [9.17, 15) is 14.4 Å². The molecule has 0 fully saturated rings. The van der Waals surface area contributed by atoms with Gasteiger partial charge in [0.25, 0.3) is 0 Å². The van der Waals surface area contributed by atoms with E-state index >= 15 is 0 Å². The van der Waals surface area contributed by atoms with E-state index in [2.05, 4.69) is 45.1 Å². The molecule has 6 heteroatoms. The molecule has 0 N–H and O–H groups in total. The lowest BCUT2D eigenvalue weighted by Gasteiger charge is -2.18. The first-order valence-corrected chi connectivity index (χ1v) is 27.3. The fourth-order valence-corrected chi connectivity index (χ4v) is 8.06. The quantitative estimate of drug-likeness (QED) is 0.0262. The maximum absolute atomic E-state index is 12.8. The third-order valence-corrected chi connectivity index (χ3v) is 12.2. The molecule has 0 unspecified atom stereocenters. The van der Waals surface area contributed by atoms with Crippen LogP contribution in [0.4, 0.5) is 0 Å². The van der Waals surface area contributed by atoms with Crippen LogP contribution in [0.25, 0.3) is 0 Å². The largest absolute Gasteiger partial charge is 0.462 e. The standard InChI is InChI=1S/C56H104O6/c1-4-7-10-13-16-19-22-24-26-27-28-29-30-32-34-37-40-43-46-49-55(58)61-52-53(51-60-54(57)48-45-42-39-36-33-21-18-15-12-9-6-3)62-56(59)50-47-44-41-38-35-31-25-23-20-17-14-11-8-5-2/h16,19,24,26,53H,4-15,17-18,20-23,25,27-52H2,1-3H3/b19-16-,26-24-/t53-/m1/s1. The molecule has 0 saturated heterocycles. The van der Waals surface area contributed by atoms with Crippen molar-refractivity contribution in [1.29, 1.82) is 0 Å². The Bertz CT molecular complexity index is 1000. The highest BCUT2D eigenvalue weighted by Crippen LogP contribution is 2.16. The highest BCUT2D eigenvalue weighted by atomic mass is 16.6. The first-order chi connectivity index (χ1) is 30.5. The molecular weight excluding hydrogens is 769 g/mol. The zero-order valence-electron chi connectivity index (χ0n) is 41.7. The van der Waals surface area contributed by atoms with Crippen molar-refractivity contribution in [2.45, 2.75) is 303 Å². The highest BCUT2D eigenvalue weighted by Gasteiger charge is 2.19. The Morgan fingerprint density at radius 1 is 0.323 bits per heavy atom. The molecule has 0 heterocycles. The summed E-state index contributed by atoms with van der Waals surface area (Å²) >= 11 is 0. The van der Waals surface area contributed by atoms with Gasteiger partial charge in [-0.25, -0.2) is 0 Å². The minimum absolute atomic E-state index is 0.0673. The first kappa shape index (κ1) is 59.9. The number of allylic oxidation sites excluding steroid dienone is 4. The Balaban J connectivity index is 4.29. The molecule has 364 valence electrons. The molecule has 0 radical (unpaired) electrons. The predicted octanol–water partition coefficient (Wildman–Crippen LogP) is 17.9. The van der Waals surface area contributed by atoms with Gasteiger partial charge in [0.2, 0.25) is 0 Å². The average Bonchev–Trinajstić information content (AvgIpc) is 3.27. The summed E-state index contributed by atoms with van der Waals surface area (Å²) in [5.41, 5.74) is 0. The summed E-state index contributed by atoms with van der Waals surface area (Å²) in [6.45, 7) is 6.64. The number of rotatable bonds is 50. The van der Waals surface area contributed by atoms with Gasteiger partial charge in [-0.1, -0.05) is 251 Å². The molecule has 0 bridgehead atoms. The molecule has 0 aromatic rings. The van der Waals surface area contributed by atoms with Crippen LogP contribution in [-0.4, -0.2) is 37.2 Å². The van der Waals surface area contributed by atoms with Crippen LogP contribution in [0.1, 0.15) is 297 Å². The Morgan fingerprint density at radius 3 is 0.919 bits per heavy atom. The molecule has 1 atom stereocenters. The van der Waals surface area contributed by atoms with Crippen LogP contribution in [0.5, 0.6) is 0 Å². The van der Waals surface area contributed by atoms with Crippen molar-refractivity contribution in [3.8, 4) is 0 Å². The van der Waals surface area contributed by atoms with Crippen molar-refractivity contribution in [1.82, 2.24) is 0 Å². The van der Waals surface area contributed by atoms with E-state index in [1.165, 1.54) is 193 Å². The van der Waals surface area contributed by atoms with E-state index in [0.29, 0.717) is 19.3 Å². The molecular formula is C56H104O6. The summed E-state index contributed by atoms with van der Waals surface area (Å²) in [7, 11) is 0. The number of carbonyl (C=O) groups excluding carboxylic acids is 3. The number of ether oxygens (including phenoxy) is 3. The Hall–Kier alpha value is -2.11. The zero-order valence-corrected chi connectivity index (χ0v) is 41.7. The van der Waals surface area contributed by atoms with Gasteiger partial charge in [-0.2, -0.15) is 0 Å². The lowest BCUT2D eigenvalue weighted by atomic mass is 10.0. The van der Waals surface area contributed by atoms with Crippen LogP contribution >= 0.6 is 0 Å². The van der Waals surface area contributed by atoms with Crippen molar-refractivity contribution >= 4 is 17.9 Å². The van der Waals surface area contributed by atoms with E-state index in [4.69, 9.17) is 14.2 Å². The molecule has 0 aromatic carbocycles. The third kappa shape index (κ3) is 48.9. The van der Waals surface area contributed by atoms with Crippen molar-refractivity contribution in [2.75, 3.05) is 13.2 Å². The number of esters is 3. The van der Waals surface area contributed by atoms with Crippen LogP contribution in [0, 0.1) is 0 Å². The van der Waals surface area contributed by atoms with Gasteiger partial charge in [0.05, 0.1) is 0 Å². The number of carbonyl (C=O) groups is 3. The van der Waals surface area contributed by atoms with E-state index in [0.717, 1.165) is 64.2 Å². The van der Waals surface area contributed by atoms with Gasteiger partial charge in [0, 0.05) is 19.3 Å². The van der Waals surface area contributed by atoms with E-state index in [-0.39, 0.29) is 31.1 Å². The van der Waals surface area contributed by atoms with Crippen molar-refractivity contribution in [2.24, 2.45) is 0 Å². The van der Waals surface area contributed by atoms with Crippen LogP contribution in [0.3, 0.4) is 0 Å². The van der Waals surface area contributed by atoms with Gasteiger partial charge >= 0.3 is 17.9 Å². The summed E-state index contributed by atoms with van der Waals surface area (Å²) < 4.78 is 16.8. The van der Waals surface area contributed by atoms with Crippen molar-refractivity contribution in [3.63, 3.8) is 0 Å². The summed E-state index contributed by atoms with van der Waals surface area (Å²) in [6, 6.07) is 0. The van der Waals surface area contributed by atoms with Crippen molar-refractivity contribution < 1.29 is 28.6 Å². The maximum Gasteiger partial charge on any atom is 0.306 e. The summed E-state index contributed by atoms with van der Waals surface area (Å²) in [4.78, 5) is 38.0. The van der Waals surface area contributed by atoms with Gasteiger partial charge in [-0.05, 0) is 51.4 Å². The van der Waals surface area contributed by atoms with E-state index < -0.39 is 6.10 Å². The van der Waals surface area contributed by atoms with E-state index in [1.54, 1.807) is 0 Å². The van der Waals surface area contributed by atoms with Gasteiger partial charge in [0.15, 0.2) is 6.10 Å². The fraction of sp³-hybridized carbons (Fsp3) is 0.875. The van der Waals surface area contributed by atoms with Gasteiger partial charge in [-0.15, -0.1) is 0 Å². The lowest BCUT2D eigenvalue weighted by Crippen LogP contribution is -2.30. The van der Waals surface area contributed by atoms with Gasteiger partial charge in [-0.3, -0.25) is 14.4 Å². The van der Waals surface area contributed by atoms with E-state index in [1.807, 2.05) is 0 Å². The van der Waals surface area contributed by atoms with Crippen LogP contribution < -0.4 is 0 Å². The normalized spacial score (nSPS) is 12.1. The topological polar surface area (TPSA) is 78.9 Å². The minimum atomic E-state index is -0.766. The second-order valence-corrected chi connectivity index (χ2v) is 18.5.